The number of nitrogens with zero attached hydrogens (tertiary/aromatic N) is 6. The summed E-state index contributed by atoms with van der Waals surface area (Å²) in [5.74, 6) is -0.397. The number of carbonyl (C=O) groups excluding carboxylic acids is 1. The lowest BCUT2D eigenvalue weighted by atomic mass is 10.2. The summed E-state index contributed by atoms with van der Waals surface area (Å²) < 4.78 is 15.8. The minimum Gasteiger partial charge on any atom is -0.341 e. The van der Waals surface area contributed by atoms with Crippen LogP contribution < -0.4 is 5.56 Å². The Morgan fingerprint density at radius 3 is 2.50 bits per heavy atom. The zero-order valence-corrected chi connectivity index (χ0v) is 15.4. The zero-order valence-electron chi connectivity index (χ0n) is 15.4. The lowest BCUT2D eigenvalue weighted by Crippen LogP contribution is -2.37. The Hall–Kier alpha value is -3.10. The molecule has 0 unspecified atom stereocenters. The first kappa shape index (κ1) is 18.3. The molecule has 3 heterocycles. The molecule has 1 amide bonds. The molecule has 1 aliphatic rings. The van der Waals surface area contributed by atoms with Gasteiger partial charge in [-0.1, -0.05) is 30.2 Å². The van der Waals surface area contributed by atoms with Gasteiger partial charge >= 0.3 is 0 Å². The highest BCUT2D eigenvalue weighted by atomic mass is 19.1. The van der Waals surface area contributed by atoms with E-state index in [1.165, 1.54) is 27.7 Å². The quantitative estimate of drug-likeness (QED) is 0.682. The van der Waals surface area contributed by atoms with Crippen LogP contribution in [0.4, 0.5) is 4.39 Å². The first-order valence-corrected chi connectivity index (χ1v) is 9.43. The van der Waals surface area contributed by atoms with E-state index >= 15 is 0 Å². The van der Waals surface area contributed by atoms with Crippen molar-refractivity contribution in [2.24, 2.45) is 0 Å². The van der Waals surface area contributed by atoms with Crippen molar-refractivity contribution in [1.82, 2.24) is 29.4 Å². The van der Waals surface area contributed by atoms with Crippen molar-refractivity contribution in [2.45, 2.75) is 38.8 Å². The van der Waals surface area contributed by atoms with Gasteiger partial charge in [-0.3, -0.25) is 14.2 Å². The molecule has 1 aromatic carbocycles. The van der Waals surface area contributed by atoms with Crippen LogP contribution >= 0.6 is 0 Å². The van der Waals surface area contributed by atoms with Crippen molar-refractivity contribution in [3.8, 4) is 0 Å². The van der Waals surface area contributed by atoms with E-state index in [0.29, 0.717) is 12.2 Å². The predicted octanol–water partition coefficient (Wildman–Crippen LogP) is 1.58. The van der Waals surface area contributed by atoms with Gasteiger partial charge in [0.05, 0.1) is 6.54 Å². The molecule has 0 atom stereocenters. The van der Waals surface area contributed by atoms with Crippen molar-refractivity contribution in [1.29, 1.82) is 0 Å². The summed E-state index contributed by atoms with van der Waals surface area (Å²) in [5, 5.41) is 7.94. The maximum atomic E-state index is 13.1. The molecule has 28 heavy (non-hydrogen) atoms. The second kappa shape index (κ2) is 7.87. The molecule has 1 saturated heterocycles. The van der Waals surface area contributed by atoms with Crippen LogP contribution in [0.2, 0.25) is 0 Å². The fourth-order valence-corrected chi connectivity index (χ4v) is 3.43. The Bertz CT molecular complexity index is 1030. The van der Waals surface area contributed by atoms with Crippen molar-refractivity contribution in [3.63, 3.8) is 0 Å². The molecule has 0 bridgehead atoms. The second-order valence-corrected chi connectivity index (χ2v) is 7.02. The smallest absolute Gasteiger partial charge is 0.283 e. The van der Waals surface area contributed by atoms with Gasteiger partial charge in [0, 0.05) is 13.1 Å². The van der Waals surface area contributed by atoms with Gasteiger partial charge in [-0.15, -0.1) is 5.10 Å². The fourth-order valence-electron chi connectivity index (χ4n) is 3.43. The third-order valence-electron chi connectivity index (χ3n) is 5.00. The second-order valence-electron chi connectivity index (χ2n) is 7.02. The van der Waals surface area contributed by atoms with Crippen LogP contribution in [0.15, 0.2) is 35.4 Å². The molecule has 2 aromatic heterocycles. The highest BCUT2D eigenvalue weighted by Crippen LogP contribution is 2.11. The third-order valence-corrected chi connectivity index (χ3v) is 5.00. The van der Waals surface area contributed by atoms with E-state index in [9.17, 15) is 14.0 Å². The first-order chi connectivity index (χ1) is 13.6. The van der Waals surface area contributed by atoms with Crippen LogP contribution in [0.1, 0.15) is 31.2 Å². The Kier molecular flexibility index (Phi) is 5.14. The third kappa shape index (κ3) is 3.78. The summed E-state index contributed by atoms with van der Waals surface area (Å²) in [6.07, 6.45) is 5.62. The van der Waals surface area contributed by atoms with E-state index < -0.39 is 5.56 Å². The van der Waals surface area contributed by atoms with Crippen molar-refractivity contribution in [3.05, 3.63) is 52.3 Å². The predicted molar refractivity (Wildman–Crippen MR) is 100 cm³/mol. The van der Waals surface area contributed by atoms with Crippen LogP contribution in [0, 0.1) is 5.82 Å². The molecule has 146 valence electrons. The van der Waals surface area contributed by atoms with Gasteiger partial charge in [0.1, 0.15) is 18.7 Å². The molecule has 0 aliphatic carbocycles. The number of carbonyl (C=O) groups is 1. The summed E-state index contributed by atoms with van der Waals surface area (Å²) in [6.45, 7) is 1.74. The highest BCUT2D eigenvalue weighted by molar-refractivity contribution is 5.76. The standard InChI is InChI=1S/C19H21FN6O2/c20-15-7-5-14(6-8-15)11-26-18-17(22-23-26)19(28)25(13-21-18)12-16(27)24-9-3-1-2-4-10-24/h5-8,13H,1-4,9-12H2. The Morgan fingerprint density at radius 2 is 1.79 bits per heavy atom. The van der Waals surface area contributed by atoms with E-state index in [2.05, 4.69) is 15.3 Å². The largest absolute Gasteiger partial charge is 0.341 e. The first-order valence-electron chi connectivity index (χ1n) is 9.43. The topological polar surface area (TPSA) is 85.9 Å². The number of benzene rings is 1. The number of halogens is 1. The van der Waals surface area contributed by atoms with Crippen molar-refractivity contribution in [2.75, 3.05) is 13.1 Å². The molecule has 8 nitrogen and oxygen atoms in total. The summed E-state index contributed by atoms with van der Waals surface area (Å²) in [7, 11) is 0. The van der Waals surface area contributed by atoms with Gasteiger partial charge in [0.15, 0.2) is 11.2 Å². The molecular weight excluding hydrogens is 363 g/mol. The Labute approximate surface area is 160 Å². The number of likely N-dealkylation sites (tertiary alicyclic amines) is 1. The van der Waals surface area contributed by atoms with E-state index in [4.69, 9.17) is 0 Å². The van der Waals surface area contributed by atoms with Gasteiger partial charge in [0.2, 0.25) is 5.91 Å². The number of rotatable bonds is 4. The average molecular weight is 384 g/mol. The van der Waals surface area contributed by atoms with Gasteiger partial charge in [-0.05, 0) is 30.5 Å². The minimum absolute atomic E-state index is 0.0490. The van der Waals surface area contributed by atoms with E-state index in [0.717, 1.165) is 44.3 Å². The summed E-state index contributed by atoms with van der Waals surface area (Å²) >= 11 is 0. The molecule has 0 radical (unpaired) electrons. The molecule has 0 saturated carbocycles. The molecule has 0 spiro atoms. The van der Waals surface area contributed by atoms with Crippen LogP contribution in [0.5, 0.6) is 0 Å². The summed E-state index contributed by atoms with van der Waals surface area (Å²) in [4.78, 5) is 31.4. The van der Waals surface area contributed by atoms with Gasteiger partial charge < -0.3 is 4.90 Å². The monoisotopic (exact) mass is 384 g/mol. The number of aromatic nitrogens is 5. The van der Waals surface area contributed by atoms with Crippen LogP contribution in [-0.4, -0.2) is 48.4 Å². The van der Waals surface area contributed by atoms with E-state index in [-0.39, 0.29) is 23.8 Å². The van der Waals surface area contributed by atoms with Gasteiger partial charge in [0.25, 0.3) is 5.56 Å². The lowest BCUT2D eigenvalue weighted by Gasteiger charge is -2.20. The number of hydrogen-bond donors (Lipinski definition) is 0. The lowest BCUT2D eigenvalue weighted by molar-refractivity contribution is -0.131. The molecule has 9 heteroatoms. The van der Waals surface area contributed by atoms with Crippen LogP contribution in [-0.2, 0) is 17.9 Å². The molecule has 1 fully saturated rings. The average Bonchev–Trinajstić information content (AvgIpc) is 2.91. The Balaban J connectivity index is 1.55. The van der Waals surface area contributed by atoms with Crippen LogP contribution in [0.3, 0.4) is 0 Å². The zero-order chi connectivity index (χ0) is 19.5. The molecular formula is C19H21FN6O2. The summed E-state index contributed by atoms with van der Waals surface area (Å²) in [5.41, 5.74) is 0.884. The number of amides is 1. The normalized spacial score (nSPS) is 15.0. The SMILES string of the molecule is O=C(Cn1cnc2c(nnn2Cc2ccc(F)cc2)c1=O)N1CCCCCC1. The highest BCUT2D eigenvalue weighted by Gasteiger charge is 2.18. The number of hydrogen-bond acceptors (Lipinski definition) is 5. The summed E-state index contributed by atoms with van der Waals surface area (Å²) in [6, 6.07) is 6.01. The fraction of sp³-hybridized carbons (Fsp3) is 0.421. The molecule has 4 rings (SSSR count). The van der Waals surface area contributed by atoms with Gasteiger partial charge in [-0.25, -0.2) is 14.1 Å². The van der Waals surface area contributed by atoms with Crippen molar-refractivity contribution < 1.29 is 9.18 Å². The van der Waals surface area contributed by atoms with E-state index in [1.807, 2.05) is 4.90 Å². The molecule has 3 aromatic rings. The number of fused-ring (bicyclic) bond motifs is 1. The van der Waals surface area contributed by atoms with E-state index in [1.54, 1.807) is 12.1 Å². The van der Waals surface area contributed by atoms with Crippen LogP contribution in [0.25, 0.3) is 11.2 Å². The molecule has 1 aliphatic heterocycles. The maximum Gasteiger partial charge on any atom is 0.283 e. The maximum absolute atomic E-state index is 13.1. The Morgan fingerprint density at radius 1 is 1.07 bits per heavy atom. The minimum atomic E-state index is -0.390. The van der Waals surface area contributed by atoms with Gasteiger partial charge in [-0.2, -0.15) is 0 Å². The molecule has 0 N–H and O–H groups in total. The van der Waals surface area contributed by atoms with Crippen molar-refractivity contribution >= 4 is 17.1 Å².